The lowest BCUT2D eigenvalue weighted by atomic mass is 10.1. The predicted octanol–water partition coefficient (Wildman–Crippen LogP) is -1.75. The first-order valence-corrected chi connectivity index (χ1v) is 4.19. The summed E-state index contributed by atoms with van der Waals surface area (Å²) < 4.78 is 0. The number of ketones is 1. The molecule has 0 bridgehead atoms. The standard InChI is InChI=1S/C7H15N5O/c1-5(13)6-4-10-2-3-12(6)11-7(8)9/h6,10H,2-4H2,1H3,(H4,8,9,11). The largest absolute Gasteiger partial charge is 0.369 e. The van der Waals surface area contributed by atoms with Crippen molar-refractivity contribution in [2.45, 2.75) is 13.0 Å². The van der Waals surface area contributed by atoms with Gasteiger partial charge in [0.2, 0.25) is 5.96 Å². The molecule has 0 saturated carbocycles. The number of carbonyl (C=O) groups is 1. The van der Waals surface area contributed by atoms with Gasteiger partial charge in [0.1, 0.15) is 5.78 Å². The second-order valence-corrected chi connectivity index (χ2v) is 3.05. The van der Waals surface area contributed by atoms with Crippen molar-refractivity contribution in [2.75, 3.05) is 19.6 Å². The van der Waals surface area contributed by atoms with Crippen LogP contribution in [0, 0.1) is 5.41 Å². The van der Waals surface area contributed by atoms with Gasteiger partial charge in [0.15, 0.2) is 0 Å². The molecule has 0 aromatic rings. The normalized spacial score (nSPS) is 23.9. The molecule has 0 aromatic carbocycles. The maximum absolute atomic E-state index is 11.2. The fourth-order valence-electron chi connectivity index (χ4n) is 1.36. The Hall–Kier alpha value is -1.14. The third kappa shape index (κ3) is 2.67. The second-order valence-electron chi connectivity index (χ2n) is 3.05. The van der Waals surface area contributed by atoms with E-state index in [1.165, 1.54) is 6.92 Å². The molecule has 13 heavy (non-hydrogen) atoms. The Balaban J connectivity index is 2.56. The molecule has 1 saturated heterocycles. The summed E-state index contributed by atoms with van der Waals surface area (Å²) in [6, 6.07) is -0.224. The van der Waals surface area contributed by atoms with Crippen LogP contribution < -0.4 is 16.5 Å². The van der Waals surface area contributed by atoms with Crippen molar-refractivity contribution in [1.29, 1.82) is 5.41 Å². The molecular formula is C7H15N5O. The van der Waals surface area contributed by atoms with Crippen LogP contribution in [-0.4, -0.2) is 42.4 Å². The molecule has 6 nitrogen and oxygen atoms in total. The molecule has 0 amide bonds. The summed E-state index contributed by atoms with van der Waals surface area (Å²) in [4.78, 5) is 11.2. The Labute approximate surface area is 76.9 Å². The third-order valence-corrected chi connectivity index (χ3v) is 1.98. The van der Waals surface area contributed by atoms with Crippen molar-refractivity contribution in [3.05, 3.63) is 0 Å². The molecule has 1 rings (SSSR count). The lowest BCUT2D eigenvalue weighted by Gasteiger charge is -2.34. The van der Waals surface area contributed by atoms with Crippen molar-refractivity contribution in [3.63, 3.8) is 0 Å². The maximum Gasteiger partial charge on any atom is 0.200 e. The number of Topliss-reactive ketones (excluding diaryl/α,β-unsaturated/α-hetero) is 1. The topological polar surface area (TPSA) is 94.2 Å². The van der Waals surface area contributed by atoms with Gasteiger partial charge in [-0.05, 0) is 6.92 Å². The highest BCUT2D eigenvalue weighted by Gasteiger charge is 2.25. The first-order valence-electron chi connectivity index (χ1n) is 4.19. The quantitative estimate of drug-likeness (QED) is 0.302. The summed E-state index contributed by atoms with van der Waals surface area (Å²) in [5.41, 5.74) is 7.83. The van der Waals surface area contributed by atoms with Gasteiger partial charge in [-0.25, -0.2) is 5.01 Å². The second kappa shape index (κ2) is 4.20. The number of hydrazine groups is 1. The fourth-order valence-corrected chi connectivity index (χ4v) is 1.36. The lowest BCUT2D eigenvalue weighted by molar-refractivity contribution is -0.123. The number of guanidine groups is 1. The van der Waals surface area contributed by atoms with Crippen LogP contribution in [0.3, 0.4) is 0 Å². The van der Waals surface area contributed by atoms with Crippen LogP contribution in [-0.2, 0) is 4.79 Å². The van der Waals surface area contributed by atoms with E-state index < -0.39 is 0 Å². The molecule has 1 heterocycles. The Kier molecular flexibility index (Phi) is 3.21. The highest BCUT2D eigenvalue weighted by Crippen LogP contribution is 2.00. The van der Waals surface area contributed by atoms with Crippen molar-refractivity contribution in [3.8, 4) is 0 Å². The molecule has 6 heteroatoms. The van der Waals surface area contributed by atoms with Gasteiger partial charge in [-0.1, -0.05) is 0 Å². The molecule has 1 aliphatic heterocycles. The number of hydrogen-bond donors (Lipinski definition) is 4. The minimum Gasteiger partial charge on any atom is -0.369 e. The van der Waals surface area contributed by atoms with Crippen LogP contribution >= 0.6 is 0 Å². The number of nitrogens with one attached hydrogen (secondary N) is 3. The highest BCUT2D eigenvalue weighted by molar-refractivity contribution is 5.82. The maximum atomic E-state index is 11.2. The van der Waals surface area contributed by atoms with Gasteiger partial charge >= 0.3 is 0 Å². The van der Waals surface area contributed by atoms with Crippen molar-refractivity contribution in [1.82, 2.24) is 15.8 Å². The summed E-state index contributed by atoms with van der Waals surface area (Å²) in [7, 11) is 0. The van der Waals surface area contributed by atoms with Gasteiger partial charge < -0.3 is 11.1 Å². The predicted molar refractivity (Wildman–Crippen MR) is 49.1 cm³/mol. The number of carbonyl (C=O) groups excluding carboxylic acids is 1. The van der Waals surface area contributed by atoms with Gasteiger partial charge in [0.25, 0.3) is 0 Å². The molecule has 74 valence electrons. The zero-order valence-electron chi connectivity index (χ0n) is 7.63. The smallest absolute Gasteiger partial charge is 0.200 e. The monoisotopic (exact) mass is 185 g/mol. The Morgan fingerprint density at radius 2 is 2.46 bits per heavy atom. The molecule has 0 aromatic heterocycles. The van der Waals surface area contributed by atoms with Gasteiger partial charge in [-0.3, -0.25) is 15.6 Å². The van der Waals surface area contributed by atoms with E-state index in [0.717, 1.165) is 6.54 Å². The number of piperazine rings is 1. The molecule has 0 spiro atoms. The van der Waals surface area contributed by atoms with E-state index in [4.69, 9.17) is 11.1 Å². The molecule has 0 aliphatic carbocycles. The van der Waals surface area contributed by atoms with E-state index in [1.807, 2.05) is 0 Å². The Bertz CT molecular complexity index is 217. The Morgan fingerprint density at radius 3 is 3.00 bits per heavy atom. The van der Waals surface area contributed by atoms with E-state index in [-0.39, 0.29) is 17.8 Å². The summed E-state index contributed by atoms with van der Waals surface area (Å²) in [6.07, 6.45) is 0. The molecule has 1 fully saturated rings. The first-order chi connectivity index (χ1) is 6.11. The van der Waals surface area contributed by atoms with Crippen LogP contribution in [0.15, 0.2) is 0 Å². The van der Waals surface area contributed by atoms with E-state index in [2.05, 4.69) is 10.7 Å². The van der Waals surface area contributed by atoms with Gasteiger partial charge in [0.05, 0.1) is 6.04 Å². The zero-order valence-corrected chi connectivity index (χ0v) is 7.63. The molecular weight excluding hydrogens is 170 g/mol. The van der Waals surface area contributed by atoms with E-state index >= 15 is 0 Å². The molecule has 1 atom stereocenters. The number of hydrogen-bond acceptors (Lipinski definition) is 4. The van der Waals surface area contributed by atoms with Crippen LogP contribution in [0.4, 0.5) is 0 Å². The summed E-state index contributed by atoms with van der Waals surface area (Å²) >= 11 is 0. The van der Waals surface area contributed by atoms with Gasteiger partial charge in [-0.2, -0.15) is 0 Å². The van der Waals surface area contributed by atoms with Crippen LogP contribution in [0.25, 0.3) is 0 Å². The van der Waals surface area contributed by atoms with Gasteiger partial charge in [0, 0.05) is 19.6 Å². The number of nitrogens with zero attached hydrogens (tertiary/aromatic N) is 1. The first kappa shape index (κ1) is 9.94. The van der Waals surface area contributed by atoms with Crippen LogP contribution in [0.5, 0.6) is 0 Å². The summed E-state index contributed by atoms with van der Waals surface area (Å²) in [5, 5.41) is 11.9. The minimum atomic E-state index is -0.224. The van der Waals surface area contributed by atoms with Crippen molar-refractivity contribution < 1.29 is 4.79 Å². The lowest BCUT2D eigenvalue weighted by Crippen LogP contribution is -2.61. The summed E-state index contributed by atoms with van der Waals surface area (Å²) in [5.74, 6) is -0.0610. The van der Waals surface area contributed by atoms with Crippen molar-refractivity contribution in [2.24, 2.45) is 5.73 Å². The average molecular weight is 185 g/mol. The fraction of sp³-hybridized carbons (Fsp3) is 0.714. The molecule has 5 N–H and O–H groups in total. The zero-order chi connectivity index (χ0) is 9.84. The van der Waals surface area contributed by atoms with E-state index in [1.54, 1.807) is 5.01 Å². The number of nitrogens with two attached hydrogens (primary N) is 1. The van der Waals surface area contributed by atoms with Crippen molar-refractivity contribution >= 4 is 11.7 Å². The average Bonchev–Trinajstić information content (AvgIpc) is 2.03. The van der Waals surface area contributed by atoms with Gasteiger partial charge in [-0.15, -0.1) is 0 Å². The van der Waals surface area contributed by atoms with Crippen LogP contribution in [0.2, 0.25) is 0 Å². The minimum absolute atomic E-state index is 0.0703. The van der Waals surface area contributed by atoms with Crippen LogP contribution in [0.1, 0.15) is 6.92 Å². The van der Waals surface area contributed by atoms with E-state index in [0.29, 0.717) is 13.1 Å². The van der Waals surface area contributed by atoms with E-state index in [9.17, 15) is 4.79 Å². The summed E-state index contributed by atoms with van der Waals surface area (Å²) in [6.45, 7) is 3.61. The number of rotatable bonds is 2. The highest BCUT2D eigenvalue weighted by atomic mass is 16.1. The third-order valence-electron chi connectivity index (χ3n) is 1.98. The molecule has 0 radical (unpaired) electrons. The SMILES string of the molecule is CC(=O)C1CNCCN1NC(=N)N. The Morgan fingerprint density at radius 1 is 1.77 bits per heavy atom. The molecule has 1 aliphatic rings. The molecule has 1 unspecified atom stereocenters.